The van der Waals surface area contributed by atoms with Crippen LogP contribution in [0, 0.1) is 0 Å². The summed E-state index contributed by atoms with van der Waals surface area (Å²) in [4.78, 5) is 24.6. The first-order chi connectivity index (χ1) is 13.1. The lowest BCUT2D eigenvalue weighted by Crippen LogP contribution is -2.28. The van der Waals surface area contributed by atoms with Crippen LogP contribution in [-0.4, -0.2) is 50.0 Å². The predicted molar refractivity (Wildman–Crippen MR) is 99.1 cm³/mol. The highest BCUT2D eigenvalue weighted by Crippen LogP contribution is 2.25. The zero-order valence-electron chi connectivity index (χ0n) is 15.2. The first-order valence-electron chi connectivity index (χ1n) is 8.45. The number of amides is 1. The largest absolute Gasteiger partial charge is 0.497 e. The van der Waals surface area contributed by atoms with Crippen LogP contribution < -0.4 is 9.47 Å². The van der Waals surface area contributed by atoms with Crippen LogP contribution >= 0.6 is 0 Å². The minimum absolute atomic E-state index is 0.223. The summed E-state index contributed by atoms with van der Waals surface area (Å²) in [6, 6.07) is 14.4. The summed E-state index contributed by atoms with van der Waals surface area (Å²) in [6.45, 7) is 0.0755. The molecule has 0 saturated heterocycles. The molecule has 2 aromatic carbocycles. The maximum Gasteiger partial charge on any atom is 0.342 e. The van der Waals surface area contributed by atoms with E-state index in [1.165, 1.54) is 25.3 Å². The van der Waals surface area contributed by atoms with Gasteiger partial charge >= 0.3 is 5.97 Å². The van der Waals surface area contributed by atoms with Crippen LogP contribution in [0.4, 0.5) is 0 Å². The van der Waals surface area contributed by atoms with E-state index in [9.17, 15) is 9.59 Å². The summed E-state index contributed by atoms with van der Waals surface area (Å²) in [6.07, 6.45) is 0.663. The SMILES string of the molecule is COc1ccc(C(=O)OCC(=O)N2CCC(c3ccccc3)=N2)c(OC)c1. The van der Waals surface area contributed by atoms with E-state index in [1.807, 2.05) is 30.3 Å². The number of carbonyl (C=O) groups is 2. The summed E-state index contributed by atoms with van der Waals surface area (Å²) in [5.41, 5.74) is 2.04. The van der Waals surface area contributed by atoms with Crippen LogP contribution in [0.1, 0.15) is 22.3 Å². The summed E-state index contributed by atoms with van der Waals surface area (Å²) in [5, 5.41) is 5.67. The monoisotopic (exact) mass is 368 g/mol. The zero-order valence-corrected chi connectivity index (χ0v) is 15.2. The Balaban J connectivity index is 1.61. The Morgan fingerprint density at radius 1 is 1.07 bits per heavy atom. The average Bonchev–Trinajstić information content (AvgIpc) is 3.22. The molecule has 1 aliphatic rings. The Morgan fingerprint density at radius 3 is 2.56 bits per heavy atom. The fourth-order valence-corrected chi connectivity index (χ4v) is 2.72. The molecule has 0 aliphatic carbocycles. The second kappa shape index (κ2) is 8.35. The van der Waals surface area contributed by atoms with Gasteiger partial charge in [-0.1, -0.05) is 30.3 Å². The van der Waals surface area contributed by atoms with Crippen molar-refractivity contribution in [1.82, 2.24) is 5.01 Å². The first kappa shape index (κ1) is 18.4. The van der Waals surface area contributed by atoms with E-state index >= 15 is 0 Å². The van der Waals surface area contributed by atoms with Gasteiger partial charge in [-0.15, -0.1) is 0 Å². The van der Waals surface area contributed by atoms with Crippen molar-refractivity contribution in [2.75, 3.05) is 27.4 Å². The molecule has 0 spiro atoms. The molecule has 0 fully saturated rings. The van der Waals surface area contributed by atoms with Gasteiger partial charge in [0, 0.05) is 12.5 Å². The molecule has 0 unspecified atom stereocenters. The highest BCUT2D eigenvalue weighted by Gasteiger charge is 2.23. The molecule has 7 heteroatoms. The van der Waals surface area contributed by atoms with Crippen molar-refractivity contribution < 1.29 is 23.8 Å². The van der Waals surface area contributed by atoms with Gasteiger partial charge < -0.3 is 14.2 Å². The molecule has 140 valence electrons. The van der Waals surface area contributed by atoms with Crippen molar-refractivity contribution in [3.63, 3.8) is 0 Å². The van der Waals surface area contributed by atoms with Crippen molar-refractivity contribution in [1.29, 1.82) is 0 Å². The summed E-state index contributed by atoms with van der Waals surface area (Å²) in [7, 11) is 2.96. The van der Waals surface area contributed by atoms with Crippen LogP contribution in [0.3, 0.4) is 0 Å². The summed E-state index contributed by atoms with van der Waals surface area (Å²) in [5.74, 6) is -0.146. The normalized spacial score (nSPS) is 13.1. The molecule has 1 heterocycles. The van der Waals surface area contributed by atoms with Gasteiger partial charge in [-0.3, -0.25) is 4.79 Å². The van der Waals surface area contributed by atoms with E-state index < -0.39 is 5.97 Å². The third kappa shape index (κ3) is 4.25. The highest BCUT2D eigenvalue weighted by atomic mass is 16.5. The Hall–Kier alpha value is -3.35. The number of esters is 1. The fraction of sp³-hybridized carbons (Fsp3) is 0.250. The van der Waals surface area contributed by atoms with Crippen molar-refractivity contribution in [3.05, 3.63) is 59.7 Å². The molecule has 0 aromatic heterocycles. The van der Waals surface area contributed by atoms with E-state index in [0.717, 1.165) is 11.3 Å². The van der Waals surface area contributed by atoms with Gasteiger partial charge in [0.25, 0.3) is 5.91 Å². The van der Waals surface area contributed by atoms with E-state index in [2.05, 4.69) is 5.10 Å². The highest BCUT2D eigenvalue weighted by molar-refractivity contribution is 6.02. The fourth-order valence-electron chi connectivity index (χ4n) is 2.72. The van der Waals surface area contributed by atoms with Gasteiger partial charge in [0.1, 0.15) is 17.1 Å². The molecule has 2 aromatic rings. The van der Waals surface area contributed by atoms with Crippen LogP contribution in [0.25, 0.3) is 0 Å². The van der Waals surface area contributed by atoms with E-state index in [1.54, 1.807) is 12.1 Å². The second-order valence-corrected chi connectivity index (χ2v) is 5.82. The number of benzene rings is 2. The Kier molecular flexibility index (Phi) is 5.71. The van der Waals surface area contributed by atoms with Gasteiger partial charge in [0.15, 0.2) is 6.61 Å². The number of carbonyl (C=O) groups excluding carboxylic acids is 2. The molecule has 7 nitrogen and oxygen atoms in total. The minimum Gasteiger partial charge on any atom is -0.497 e. The Labute approximate surface area is 157 Å². The quantitative estimate of drug-likeness (QED) is 0.732. The lowest BCUT2D eigenvalue weighted by molar-refractivity contribution is -0.134. The van der Waals surface area contributed by atoms with Crippen molar-refractivity contribution in [3.8, 4) is 11.5 Å². The molecule has 27 heavy (non-hydrogen) atoms. The molecule has 0 N–H and O–H groups in total. The third-order valence-electron chi connectivity index (χ3n) is 4.15. The van der Waals surface area contributed by atoms with E-state index in [4.69, 9.17) is 14.2 Å². The number of rotatable bonds is 6. The second-order valence-electron chi connectivity index (χ2n) is 5.82. The molecular weight excluding hydrogens is 348 g/mol. The van der Waals surface area contributed by atoms with Crippen molar-refractivity contribution in [2.24, 2.45) is 5.10 Å². The first-order valence-corrected chi connectivity index (χ1v) is 8.45. The number of hydrazone groups is 1. The summed E-state index contributed by atoms with van der Waals surface area (Å²) >= 11 is 0. The molecule has 3 rings (SSSR count). The van der Waals surface area contributed by atoms with Crippen molar-refractivity contribution in [2.45, 2.75) is 6.42 Å². The lowest BCUT2D eigenvalue weighted by Gasteiger charge is -2.13. The number of hydrogen-bond acceptors (Lipinski definition) is 6. The molecule has 1 amide bonds. The molecule has 0 saturated carbocycles. The standard InChI is InChI=1S/C20H20N2O5/c1-25-15-8-9-16(18(12-15)26-2)20(24)27-13-19(23)22-11-10-17(21-22)14-6-4-3-5-7-14/h3-9,12H,10-11,13H2,1-2H3. The zero-order chi connectivity index (χ0) is 19.2. The smallest absolute Gasteiger partial charge is 0.342 e. The molecule has 0 bridgehead atoms. The number of hydrogen-bond donors (Lipinski definition) is 0. The van der Waals surface area contributed by atoms with Crippen LogP contribution in [-0.2, 0) is 9.53 Å². The lowest BCUT2D eigenvalue weighted by atomic mass is 10.1. The minimum atomic E-state index is -0.644. The average molecular weight is 368 g/mol. The van der Waals surface area contributed by atoms with Gasteiger partial charge in [-0.2, -0.15) is 5.10 Å². The number of nitrogens with zero attached hydrogens (tertiary/aromatic N) is 2. The maximum absolute atomic E-state index is 12.3. The van der Waals surface area contributed by atoms with Crippen LogP contribution in [0.5, 0.6) is 11.5 Å². The molecule has 1 aliphatic heterocycles. The third-order valence-corrected chi connectivity index (χ3v) is 4.15. The topological polar surface area (TPSA) is 77.4 Å². The molecular formula is C20H20N2O5. The molecule has 0 atom stereocenters. The van der Waals surface area contributed by atoms with E-state index in [0.29, 0.717) is 24.5 Å². The number of ether oxygens (including phenoxy) is 3. The Morgan fingerprint density at radius 2 is 1.85 bits per heavy atom. The predicted octanol–water partition coefficient (Wildman–Crippen LogP) is 2.50. The Bertz CT molecular complexity index is 864. The maximum atomic E-state index is 12.3. The van der Waals surface area contributed by atoms with Crippen molar-refractivity contribution >= 4 is 17.6 Å². The van der Waals surface area contributed by atoms with Gasteiger partial charge in [-0.25, -0.2) is 9.80 Å². The van der Waals surface area contributed by atoms with Gasteiger partial charge in [-0.05, 0) is 17.7 Å². The molecule has 0 radical (unpaired) electrons. The van der Waals surface area contributed by atoms with Crippen LogP contribution in [0.15, 0.2) is 53.6 Å². The number of methoxy groups -OCH3 is 2. The van der Waals surface area contributed by atoms with Gasteiger partial charge in [0.2, 0.25) is 0 Å². The summed E-state index contributed by atoms with van der Waals surface area (Å²) < 4.78 is 15.4. The van der Waals surface area contributed by atoms with E-state index in [-0.39, 0.29) is 18.1 Å². The van der Waals surface area contributed by atoms with Crippen LogP contribution in [0.2, 0.25) is 0 Å². The van der Waals surface area contributed by atoms with Gasteiger partial charge in [0.05, 0.1) is 26.5 Å².